The zero-order valence-corrected chi connectivity index (χ0v) is 19.3. The number of nitrogens with zero attached hydrogens (tertiary/aromatic N) is 4. The molecule has 2 aromatic carbocycles. The van der Waals surface area contributed by atoms with Gasteiger partial charge in [-0.2, -0.15) is 0 Å². The van der Waals surface area contributed by atoms with Crippen molar-refractivity contribution in [2.45, 2.75) is 19.5 Å². The minimum Gasteiger partial charge on any atom is -0.493 e. The van der Waals surface area contributed by atoms with E-state index in [1.54, 1.807) is 37.8 Å². The topological polar surface area (TPSA) is 79.8 Å². The molecular formula is C24H21FN4O4S. The second-order valence-corrected chi connectivity index (χ2v) is 8.65. The minimum atomic E-state index is -0.388. The van der Waals surface area contributed by atoms with E-state index in [-0.39, 0.29) is 29.4 Å². The van der Waals surface area contributed by atoms with Crippen molar-refractivity contribution in [2.75, 3.05) is 14.2 Å². The van der Waals surface area contributed by atoms with Gasteiger partial charge in [0.1, 0.15) is 10.5 Å². The van der Waals surface area contributed by atoms with Gasteiger partial charge in [0.25, 0.3) is 5.56 Å². The van der Waals surface area contributed by atoms with Crippen LogP contribution in [0.1, 0.15) is 11.1 Å². The Labute approximate surface area is 197 Å². The highest BCUT2D eigenvalue weighted by Gasteiger charge is 2.18. The van der Waals surface area contributed by atoms with E-state index in [1.807, 2.05) is 18.2 Å². The number of hydrogen-bond donors (Lipinski definition) is 0. The van der Waals surface area contributed by atoms with Crippen molar-refractivity contribution < 1.29 is 13.9 Å². The van der Waals surface area contributed by atoms with Gasteiger partial charge in [0, 0.05) is 6.54 Å². The zero-order chi connectivity index (χ0) is 23.8. The van der Waals surface area contributed by atoms with E-state index in [4.69, 9.17) is 9.47 Å². The number of rotatable bonds is 7. The minimum absolute atomic E-state index is 0.0910. The smallest absolute Gasteiger partial charge is 0.352 e. The first-order valence-electron chi connectivity index (χ1n) is 10.5. The van der Waals surface area contributed by atoms with Gasteiger partial charge in [0.15, 0.2) is 11.5 Å². The number of methoxy groups -OCH3 is 2. The van der Waals surface area contributed by atoms with E-state index >= 15 is 0 Å². The van der Waals surface area contributed by atoms with Crippen molar-refractivity contribution in [1.82, 2.24) is 18.7 Å². The number of ether oxygens (including phenoxy) is 2. The van der Waals surface area contributed by atoms with Crippen LogP contribution >= 0.6 is 11.3 Å². The fourth-order valence-electron chi connectivity index (χ4n) is 4.02. The van der Waals surface area contributed by atoms with Crippen LogP contribution in [0, 0.1) is 5.82 Å². The van der Waals surface area contributed by atoms with Crippen LogP contribution in [0.4, 0.5) is 4.39 Å². The third kappa shape index (κ3) is 3.75. The molecule has 8 nitrogen and oxygen atoms in total. The second-order valence-electron chi connectivity index (χ2n) is 7.74. The predicted molar refractivity (Wildman–Crippen MR) is 128 cm³/mol. The maximum Gasteiger partial charge on any atom is 0.352 e. The van der Waals surface area contributed by atoms with Gasteiger partial charge in [-0.1, -0.05) is 18.2 Å². The van der Waals surface area contributed by atoms with E-state index in [9.17, 15) is 14.0 Å². The van der Waals surface area contributed by atoms with Crippen LogP contribution < -0.4 is 20.7 Å². The molecule has 3 heterocycles. The third-order valence-corrected chi connectivity index (χ3v) is 6.57. The average molecular weight is 481 g/mol. The SMILES string of the molecule is COc1ccc(CCn2c(=O)c3sccc3n3c(=O)n(Cc4cccc(F)c4)nc23)cc1OC. The van der Waals surface area contributed by atoms with Gasteiger partial charge in [0.05, 0.1) is 26.3 Å². The molecule has 0 fully saturated rings. The highest BCUT2D eigenvalue weighted by molar-refractivity contribution is 7.17. The van der Waals surface area contributed by atoms with Gasteiger partial charge < -0.3 is 9.47 Å². The third-order valence-electron chi connectivity index (χ3n) is 5.68. The van der Waals surface area contributed by atoms with Gasteiger partial charge in [-0.15, -0.1) is 16.4 Å². The van der Waals surface area contributed by atoms with Crippen LogP contribution in [-0.4, -0.2) is 33.0 Å². The molecule has 5 rings (SSSR count). The molecule has 10 heteroatoms. The molecule has 0 aliphatic heterocycles. The van der Waals surface area contributed by atoms with Crippen LogP contribution in [0.5, 0.6) is 11.5 Å². The van der Waals surface area contributed by atoms with Gasteiger partial charge in [-0.3, -0.25) is 9.36 Å². The van der Waals surface area contributed by atoms with Crippen LogP contribution in [0.3, 0.4) is 0 Å². The Morgan fingerprint density at radius 2 is 1.82 bits per heavy atom. The van der Waals surface area contributed by atoms with Crippen LogP contribution in [0.2, 0.25) is 0 Å². The molecule has 0 radical (unpaired) electrons. The van der Waals surface area contributed by atoms with Crippen molar-refractivity contribution in [3.63, 3.8) is 0 Å². The largest absolute Gasteiger partial charge is 0.493 e. The standard InChI is InChI=1S/C24H21FN4O4S/c1-32-19-7-6-15(13-20(19)33-2)8-10-27-22(30)21-18(9-11-34-21)29-23(27)26-28(24(29)31)14-16-4-3-5-17(25)12-16/h3-7,9,11-13H,8,10,14H2,1-2H3. The van der Waals surface area contributed by atoms with E-state index < -0.39 is 0 Å². The number of thiophene rings is 1. The summed E-state index contributed by atoms with van der Waals surface area (Å²) in [6.45, 7) is 0.399. The van der Waals surface area contributed by atoms with Crippen molar-refractivity contribution in [3.8, 4) is 11.5 Å². The number of aromatic nitrogens is 4. The van der Waals surface area contributed by atoms with E-state index in [0.717, 1.165) is 5.56 Å². The van der Waals surface area contributed by atoms with Crippen molar-refractivity contribution >= 4 is 27.3 Å². The van der Waals surface area contributed by atoms with Crippen LogP contribution in [0.15, 0.2) is 63.5 Å². The summed E-state index contributed by atoms with van der Waals surface area (Å²) in [7, 11) is 3.14. The Morgan fingerprint density at radius 3 is 2.59 bits per heavy atom. The molecule has 0 unspecified atom stereocenters. The average Bonchev–Trinajstić information content (AvgIpc) is 3.44. The number of aryl methyl sites for hydroxylation is 2. The summed E-state index contributed by atoms with van der Waals surface area (Å²) in [5, 5.41) is 6.25. The Bertz CT molecular complexity index is 1630. The van der Waals surface area contributed by atoms with Crippen LogP contribution in [0.25, 0.3) is 16.0 Å². The number of benzene rings is 2. The molecule has 0 saturated heterocycles. The first kappa shape index (κ1) is 21.9. The lowest BCUT2D eigenvalue weighted by Gasteiger charge is -2.11. The summed E-state index contributed by atoms with van der Waals surface area (Å²) in [6.07, 6.45) is 0.512. The van der Waals surface area contributed by atoms with Gasteiger partial charge in [-0.05, 0) is 53.3 Å². The molecular weight excluding hydrogens is 459 g/mol. The van der Waals surface area contributed by atoms with Gasteiger partial charge in [-0.25, -0.2) is 18.3 Å². The molecule has 0 N–H and O–H groups in total. The van der Waals surface area contributed by atoms with Crippen molar-refractivity contribution in [1.29, 1.82) is 0 Å². The fourth-order valence-corrected chi connectivity index (χ4v) is 4.85. The summed E-state index contributed by atoms with van der Waals surface area (Å²) in [5.74, 6) is 1.08. The van der Waals surface area contributed by atoms with Gasteiger partial charge in [0.2, 0.25) is 5.78 Å². The van der Waals surface area contributed by atoms with Crippen LogP contribution in [-0.2, 0) is 19.5 Å². The first-order valence-corrected chi connectivity index (χ1v) is 11.4. The summed E-state index contributed by atoms with van der Waals surface area (Å²) >= 11 is 1.28. The lowest BCUT2D eigenvalue weighted by Crippen LogP contribution is -2.26. The second kappa shape index (κ2) is 8.79. The Morgan fingerprint density at radius 1 is 1.00 bits per heavy atom. The first-order chi connectivity index (χ1) is 16.5. The Kier molecular flexibility index (Phi) is 5.66. The maximum atomic E-state index is 13.6. The molecule has 3 aromatic heterocycles. The molecule has 34 heavy (non-hydrogen) atoms. The Balaban J connectivity index is 1.59. The molecule has 0 spiro atoms. The highest BCUT2D eigenvalue weighted by Crippen LogP contribution is 2.28. The van der Waals surface area contributed by atoms with E-state index in [0.29, 0.717) is 40.2 Å². The number of hydrogen-bond acceptors (Lipinski definition) is 6. The summed E-state index contributed by atoms with van der Waals surface area (Å²) < 4.78 is 29.0. The normalized spacial score (nSPS) is 11.4. The van der Waals surface area contributed by atoms with Crippen molar-refractivity contribution in [3.05, 3.63) is 91.7 Å². The molecule has 5 aromatic rings. The molecule has 0 aliphatic carbocycles. The molecule has 0 aliphatic rings. The molecule has 174 valence electrons. The lowest BCUT2D eigenvalue weighted by atomic mass is 10.1. The van der Waals surface area contributed by atoms with E-state index in [1.165, 1.54) is 37.1 Å². The summed E-state index contributed by atoms with van der Waals surface area (Å²) in [6, 6.07) is 13.3. The highest BCUT2D eigenvalue weighted by atomic mass is 32.1. The Hall–Kier alpha value is -3.92. The molecule has 0 amide bonds. The molecule has 0 saturated carbocycles. The zero-order valence-electron chi connectivity index (χ0n) is 18.5. The molecule has 0 atom stereocenters. The molecule has 0 bridgehead atoms. The predicted octanol–water partition coefficient (Wildman–Crippen LogP) is 3.32. The maximum absolute atomic E-state index is 13.6. The fraction of sp³-hybridized carbons (Fsp3) is 0.208. The van der Waals surface area contributed by atoms with Crippen molar-refractivity contribution in [2.24, 2.45) is 0 Å². The lowest BCUT2D eigenvalue weighted by molar-refractivity contribution is 0.354. The van der Waals surface area contributed by atoms with Gasteiger partial charge >= 0.3 is 5.69 Å². The van der Waals surface area contributed by atoms with E-state index in [2.05, 4.69) is 5.10 Å². The summed E-state index contributed by atoms with van der Waals surface area (Å²) in [4.78, 5) is 26.5. The quantitative estimate of drug-likeness (QED) is 0.357. The monoisotopic (exact) mass is 480 g/mol. The number of halogens is 1. The number of fused-ring (bicyclic) bond motifs is 3. The summed E-state index contributed by atoms with van der Waals surface area (Å²) in [5.41, 5.74) is 1.47.